The smallest absolute Gasteiger partial charge is 0.344 e. The molecule has 0 aromatic carbocycles. The summed E-state index contributed by atoms with van der Waals surface area (Å²) in [7, 11) is 0. The number of ether oxygens (including phenoxy) is 1. The van der Waals surface area contributed by atoms with E-state index in [1.54, 1.807) is 6.92 Å². The molecule has 0 aliphatic carbocycles. The summed E-state index contributed by atoms with van der Waals surface area (Å²) in [5, 5.41) is 11.5. The number of hydrogen-bond acceptors (Lipinski definition) is 6. The van der Waals surface area contributed by atoms with Gasteiger partial charge in [-0.3, -0.25) is 10.1 Å². The zero-order chi connectivity index (χ0) is 13.5. The summed E-state index contributed by atoms with van der Waals surface area (Å²) in [5.41, 5.74) is -0.357. The van der Waals surface area contributed by atoms with E-state index >= 15 is 0 Å². The second-order valence-electron chi connectivity index (χ2n) is 2.94. The molecule has 0 aliphatic heterocycles. The quantitative estimate of drug-likeness (QED) is 0.261. The van der Waals surface area contributed by atoms with Gasteiger partial charge in [-0.25, -0.2) is 9.78 Å². The summed E-state index contributed by atoms with van der Waals surface area (Å²) >= 11 is -1.87. The van der Waals surface area contributed by atoms with Crippen LogP contribution in [0.15, 0.2) is 34.8 Å². The van der Waals surface area contributed by atoms with Gasteiger partial charge in [0, 0.05) is 23.4 Å². The van der Waals surface area contributed by atoms with Crippen LogP contribution in [-0.4, -0.2) is 27.0 Å². The number of esters is 1. The lowest BCUT2D eigenvalue weighted by molar-refractivity contribution is -0.388. The summed E-state index contributed by atoms with van der Waals surface area (Å²) in [6.07, 6.45) is 2.25. The summed E-state index contributed by atoms with van der Waals surface area (Å²) in [4.78, 5) is 24.7. The van der Waals surface area contributed by atoms with Crippen LogP contribution >= 0.6 is 0 Å². The first-order valence-electron chi connectivity index (χ1n) is 4.91. The van der Waals surface area contributed by atoms with Crippen molar-refractivity contribution in [3.05, 3.63) is 39.9 Å². The number of hydrogen-bond donors (Lipinski definition) is 0. The fourth-order valence-electron chi connectivity index (χ4n) is 1.05. The molecule has 0 N–H and O–H groups in total. The predicted octanol–water partition coefficient (Wildman–Crippen LogP) is 1.17. The Morgan fingerprint density at radius 3 is 3.00 bits per heavy atom. The molecule has 7 nitrogen and oxygen atoms in total. The van der Waals surface area contributed by atoms with E-state index in [1.807, 2.05) is 0 Å². The lowest BCUT2D eigenvalue weighted by atomic mass is 10.4. The Hall–Kier alpha value is -1.93. The highest BCUT2D eigenvalue weighted by Gasteiger charge is 2.24. The van der Waals surface area contributed by atoms with Crippen LogP contribution in [0.25, 0.3) is 0 Å². The number of carbonyl (C=O) groups excluding carboxylic acids is 1. The van der Waals surface area contributed by atoms with E-state index in [1.165, 1.54) is 18.3 Å². The summed E-state index contributed by atoms with van der Waals surface area (Å²) in [5.74, 6) is -0.663. The fourth-order valence-corrected chi connectivity index (χ4v) is 1.93. The molecule has 1 rings (SSSR count). The van der Waals surface area contributed by atoms with Crippen molar-refractivity contribution in [3.8, 4) is 0 Å². The van der Waals surface area contributed by atoms with Crippen molar-refractivity contribution in [2.45, 2.75) is 11.9 Å². The van der Waals surface area contributed by atoms with Gasteiger partial charge in [-0.15, -0.1) is 0 Å². The third-order valence-corrected chi connectivity index (χ3v) is 2.83. The number of carbonyl (C=O) groups is 1. The van der Waals surface area contributed by atoms with Gasteiger partial charge in [-0.1, -0.05) is 0 Å². The average molecular weight is 270 g/mol. The average Bonchev–Trinajstić information content (AvgIpc) is 2.36. The standard InChI is InChI=1S/C10H10N2O5S/c1-2-17-9(13)5-7-18(16)10-8(12(14)15)4-3-6-11-10/h3-7H,2H2,1H3. The number of nitro groups is 1. The SMILES string of the molecule is CCOC(=O)C=C[S+]([O-])c1ncccc1[N+](=O)[O-]. The molecule has 1 unspecified atom stereocenters. The first kappa shape index (κ1) is 14.1. The summed E-state index contributed by atoms with van der Waals surface area (Å²) in [6.45, 7) is 1.83. The van der Waals surface area contributed by atoms with Gasteiger partial charge in [-0.2, -0.15) is 0 Å². The van der Waals surface area contributed by atoms with E-state index in [9.17, 15) is 19.5 Å². The molecule has 0 amide bonds. The monoisotopic (exact) mass is 270 g/mol. The second kappa shape index (κ2) is 6.72. The normalized spacial score (nSPS) is 12.3. The maximum absolute atomic E-state index is 11.7. The van der Waals surface area contributed by atoms with Crippen LogP contribution in [0.5, 0.6) is 0 Å². The second-order valence-corrected chi connectivity index (χ2v) is 4.19. The number of aromatic nitrogens is 1. The van der Waals surface area contributed by atoms with Gasteiger partial charge in [0.1, 0.15) is 5.41 Å². The molecular weight excluding hydrogens is 260 g/mol. The Morgan fingerprint density at radius 1 is 1.67 bits per heavy atom. The molecule has 1 heterocycles. The maximum Gasteiger partial charge on any atom is 0.344 e. The molecule has 0 bridgehead atoms. The topological polar surface area (TPSA) is 105 Å². The van der Waals surface area contributed by atoms with E-state index in [4.69, 9.17) is 0 Å². The van der Waals surface area contributed by atoms with E-state index in [0.29, 0.717) is 0 Å². The van der Waals surface area contributed by atoms with Crippen molar-refractivity contribution < 1.29 is 19.0 Å². The van der Waals surface area contributed by atoms with E-state index in [-0.39, 0.29) is 17.3 Å². The largest absolute Gasteiger partial charge is 0.606 e. The van der Waals surface area contributed by atoms with Crippen LogP contribution < -0.4 is 0 Å². The third kappa shape index (κ3) is 3.82. The zero-order valence-corrected chi connectivity index (χ0v) is 10.3. The number of pyridine rings is 1. The Morgan fingerprint density at radius 2 is 2.39 bits per heavy atom. The van der Waals surface area contributed by atoms with Crippen LogP contribution in [0, 0.1) is 10.1 Å². The molecular formula is C10H10N2O5S. The van der Waals surface area contributed by atoms with E-state index in [0.717, 1.165) is 11.5 Å². The molecule has 0 radical (unpaired) electrons. The van der Waals surface area contributed by atoms with Gasteiger partial charge in [0.25, 0.3) is 0 Å². The summed E-state index contributed by atoms with van der Waals surface area (Å²) < 4.78 is 16.3. The Balaban J connectivity index is 2.87. The van der Waals surface area contributed by atoms with Crippen LogP contribution in [-0.2, 0) is 20.7 Å². The first-order chi connectivity index (χ1) is 8.56. The lowest BCUT2D eigenvalue weighted by Crippen LogP contribution is -2.06. The van der Waals surface area contributed by atoms with Crippen LogP contribution in [0.2, 0.25) is 0 Å². The molecule has 18 heavy (non-hydrogen) atoms. The van der Waals surface area contributed by atoms with E-state index in [2.05, 4.69) is 9.72 Å². The van der Waals surface area contributed by atoms with Crippen LogP contribution in [0.1, 0.15) is 6.92 Å². The van der Waals surface area contributed by atoms with Crippen molar-refractivity contribution in [1.29, 1.82) is 0 Å². The summed E-state index contributed by atoms with van der Waals surface area (Å²) in [6, 6.07) is 2.56. The van der Waals surface area contributed by atoms with Crippen LogP contribution in [0.4, 0.5) is 5.69 Å². The highest BCUT2D eigenvalue weighted by Crippen LogP contribution is 2.21. The minimum atomic E-state index is -1.87. The lowest BCUT2D eigenvalue weighted by Gasteiger charge is -2.03. The molecule has 8 heteroatoms. The molecule has 0 saturated carbocycles. The van der Waals surface area contributed by atoms with Gasteiger partial charge >= 0.3 is 16.7 Å². The highest BCUT2D eigenvalue weighted by atomic mass is 32.2. The minimum absolute atomic E-state index is 0.194. The molecule has 1 atom stereocenters. The van der Waals surface area contributed by atoms with Crippen molar-refractivity contribution in [2.24, 2.45) is 0 Å². The van der Waals surface area contributed by atoms with Crippen molar-refractivity contribution in [1.82, 2.24) is 4.98 Å². The third-order valence-electron chi connectivity index (χ3n) is 1.75. The number of rotatable bonds is 5. The first-order valence-corrected chi connectivity index (χ1v) is 6.12. The van der Waals surface area contributed by atoms with Crippen LogP contribution in [0.3, 0.4) is 0 Å². The molecule has 0 saturated heterocycles. The van der Waals surface area contributed by atoms with Gasteiger partial charge < -0.3 is 9.29 Å². The van der Waals surface area contributed by atoms with Gasteiger partial charge in [0.15, 0.2) is 0 Å². The Bertz CT molecular complexity index is 477. The molecule has 0 fully saturated rings. The van der Waals surface area contributed by atoms with Crippen molar-refractivity contribution in [2.75, 3.05) is 6.61 Å². The van der Waals surface area contributed by atoms with Crippen molar-refractivity contribution >= 4 is 22.8 Å². The molecule has 96 valence electrons. The Kier molecular flexibility index (Phi) is 5.28. The van der Waals surface area contributed by atoms with Gasteiger partial charge in [-0.05, 0) is 13.0 Å². The highest BCUT2D eigenvalue weighted by molar-refractivity contribution is 7.94. The molecule has 1 aromatic heterocycles. The maximum atomic E-state index is 11.7. The fraction of sp³-hybridized carbons (Fsp3) is 0.200. The minimum Gasteiger partial charge on any atom is -0.606 e. The van der Waals surface area contributed by atoms with Gasteiger partial charge in [0.05, 0.1) is 17.6 Å². The zero-order valence-electron chi connectivity index (χ0n) is 9.44. The number of nitrogens with zero attached hydrogens (tertiary/aromatic N) is 2. The van der Waals surface area contributed by atoms with E-state index < -0.39 is 22.1 Å². The van der Waals surface area contributed by atoms with Crippen molar-refractivity contribution in [3.63, 3.8) is 0 Å². The predicted molar refractivity (Wildman–Crippen MR) is 63.1 cm³/mol. The molecule has 0 aliphatic rings. The Labute approximate surface area is 106 Å². The van der Waals surface area contributed by atoms with Gasteiger partial charge in [0.2, 0.25) is 0 Å². The molecule has 1 aromatic rings. The molecule has 0 spiro atoms.